The predicted molar refractivity (Wildman–Crippen MR) is 79.1 cm³/mol. The van der Waals surface area contributed by atoms with E-state index in [0.717, 1.165) is 18.7 Å². The van der Waals surface area contributed by atoms with Crippen molar-refractivity contribution in [3.63, 3.8) is 0 Å². The highest BCUT2D eigenvalue weighted by Crippen LogP contribution is 2.26. The van der Waals surface area contributed by atoms with E-state index in [0.29, 0.717) is 0 Å². The quantitative estimate of drug-likeness (QED) is 0.901. The van der Waals surface area contributed by atoms with Crippen LogP contribution in [-0.4, -0.2) is 13.7 Å². The first-order valence-electron chi connectivity index (χ1n) is 6.84. The number of hydrogen-bond donors (Lipinski definition) is 1. The molecule has 0 spiro atoms. The molecule has 0 atom stereocenters. The summed E-state index contributed by atoms with van der Waals surface area (Å²) in [5.41, 5.74) is 5.31. The van der Waals surface area contributed by atoms with E-state index in [4.69, 9.17) is 4.74 Å². The molecule has 0 unspecified atom stereocenters. The smallest absolute Gasteiger partial charge is 0.122 e. The average Bonchev–Trinajstić information content (AvgIpc) is 2.48. The predicted octanol–water partition coefficient (Wildman–Crippen LogP) is 3.64. The first-order valence-corrected chi connectivity index (χ1v) is 6.84. The number of methoxy groups -OCH3 is 1. The Bertz CT molecular complexity index is 577. The number of benzene rings is 2. The largest absolute Gasteiger partial charge is 0.496 e. The lowest BCUT2D eigenvalue weighted by Gasteiger charge is -2.19. The monoisotopic (exact) mass is 253 g/mol. The summed E-state index contributed by atoms with van der Waals surface area (Å²) in [4.78, 5) is 0. The molecule has 0 bridgehead atoms. The summed E-state index contributed by atoms with van der Waals surface area (Å²) in [6.07, 6.45) is 3.34. The minimum absolute atomic E-state index is 0.916. The summed E-state index contributed by atoms with van der Waals surface area (Å²) in [5.74, 6) is 0.966. The lowest BCUT2D eigenvalue weighted by atomic mass is 9.98. The zero-order valence-corrected chi connectivity index (χ0v) is 11.3. The average molecular weight is 253 g/mol. The maximum atomic E-state index is 5.41. The molecule has 98 valence electrons. The van der Waals surface area contributed by atoms with Gasteiger partial charge in [-0.15, -0.1) is 0 Å². The molecule has 0 fully saturated rings. The maximum absolute atomic E-state index is 5.41. The fraction of sp³-hybridized carbons (Fsp3) is 0.294. The van der Waals surface area contributed by atoms with Crippen LogP contribution in [0.4, 0.5) is 5.69 Å². The molecule has 0 saturated carbocycles. The maximum Gasteiger partial charge on any atom is 0.122 e. The van der Waals surface area contributed by atoms with Crippen LogP contribution in [-0.2, 0) is 12.8 Å². The van der Waals surface area contributed by atoms with Gasteiger partial charge in [-0.05, 0) is 41.7 Å². The summed E-state index contributed by atoms with van der Waals surface area (Å²) in [5, 5.41) is 3.49. The van der Waals surface area contributed by atoms with Gasteiger partial charge in [0.05, 0.1) is 7.11 Å². The number of fused-ring (bicyclic) bond motifs is 1. The first kappa shape index (κ1) is 12.1. The van der Waals surface area contributed by atoms with Crippen LogP contribution < -0.4 is 10.1 Å². The van der Waals surface area contributed by atoms with Crippen molar-refractivity contribution in [3.8, 4) is 5.75 Å². The summed E-state index contributed by atoms with van der Waals surface area (Å²) in [6.45, 7) is 1.09. The molecule has 0 saturated heterocycles. The Morgan fingerprint density at radius 1 is 1.16 bits per heavy atom. The van der Waals surface area contributed by atoms with Gasteiger partial charge in [0, 0.05) is 18.7 Å². The van der Waals surface area contributed by atoms with Crippen molar-refractivity contribution in [1.82, 2.24) is 0 Å². The van der Waals surface area contributed by atoms with Crippen molar-refractivity contribution < 1.29 is 4.74 Å². The van der Waals surface area contributed by atoms with Crippen LogP contribution in [0.5, 0.6) is 5.75 Å². The van der Waals surface area contributed by atoms with Crippen molar-refractivity contribution in [2.75, 3.05) is 19.0 Å². The summed E-state index contributed by atoms with van der Waals surface area (Å²) in [7, 11) is 1.73. The molecule has 19 heavy (non-hydrogen) atoms. The number of rotatable bonds is 3. The van der Waals surface area contributed by atoms with Crippen molar-refractivity contribution in [3.05, 3.63) is 59.2 Å². The third kappa shape index (κ3) is 2.58. The molecule has 0 aliphatic carbocycles. The highest BCUT2D eigenvalue weighted by atomic mass is 16.5. The molecular formula is C17H19NO. The zero-order valence-electron chi connectivity index (χ0n) is 11.3. The van der Waals surface area contributed by atoms with Gasteiger partial charge in [-0.25, -0.2) is 0 Å². The van der Waals surface area contributed by atoms with E-state index in [-0.39, 0.29) is 0 Å². The molecule has 2 aromatic rings. The molecule has 2 heteroatoms. The Labute approximate surface area is 114 Å². The molecule has 1 aliphatic rings. The van der Waals surface area contributed by atoms with E-state index in [9.17, 15) is 0 Å². The fourth-order valence-corrected chi connectivity index (χ4v) is 2.69. The minimum Gasteiger partial charge on any atom is -0.496 e. The van der Waals surface area contributed by atoms with E-state index >= 15 is 0 Å². The van der Waals surface area contributed by atoms with Gasteiger partial charge in [0.25, 0.3) is 0 Å². The number of anilines is 1. The Morgan fingerprint density at radius 2 is 2.05 bits per heavy atom. The first-order chi connectivity index (χ1) is 9.36. The zero-order chi connectivity index (χ0) is 13.1. The molecule has 2 nitrogen and oxygen atoms in total. The molecule has 0 radical (unpaired) electrons. The number of hydrogen-bond acceptors (Lipinski definition) is 2. The van der Waals surface area contributed by atoms with Crippen molar-refractivity contribution in [2.45, 2.75) is 19.3 Å². The van der Waals surface area contributed by atoms with Crippen LogP contribution >= 0.6 is 0 Å². The molecular weight excluding hydrogens is 234 g/mol. The third-order valence-electron chi connectivity index (χ3n) is 3.70. The highest BCUT2D eigenvalue weighted by Gasteiger charge is 2.10. The van der Waals surface area contributed by atoms with E-state index < -0.39 is 0 Å². The SMILES string of the molecule is COc1ccccc1Cc1ccc2c(c1)NCCC2. The van der Waals surface area contributed by atoms with Crippen molar-refractivity contribution in [1.29, 1.82) is 0 Å². The van der Waals surface area contributed by atoms with Crippen LogP contribution in [0.2, 0.25) is 0 Å². The van der Waals surface area contributed by atoms with Gasteiger partial charge in [0.15, 0.2) is 0 Å². The molecule has 0 aromatic heterocycles. The van der Waals surface area contributed by atoms with Crippen LogP contribution in [0.3, 0.4) is 0 Å². The Morgan fingerprint density at radius 3 is 2.95 bits per heavy atom. The van der Waals surface area contributed by atoms with Crippen molar-refractivity contribution in [2.24, 2.45) is 0 Å². The van der Waals surface area contributed by atoms with Gasteiger partial charge < -0.3 is 10.1 Å². The lowest BCUT2D eigenvalue weighted by molar-refractivity contribution is 0.410. The van der Waals surface area contributed by atoms with E-state index in [1.165, 1.54) is 35.2 Å². The second-order valence-corrected chi connectivity index (χ2v) is 5.01. The van der Waals surface area contributed by atoms with Gasteiger partial charge in [-0.2, -0.15) is 0 Å². The number of para-hydroxylation sites is 1. The second kappa shape index (κ2) is 5.35. The Kier molecular flexibility index (Phi) is 3.41. The summed E-state index contributed by atoms with van der Waals surface area (Å²) in [6, 6.07) is 15.0. The van der Waals surface area contributed by atoms with Crippen LogP contribution in [0.15, 0.2) is 42.5 Å². The molecule has 1 heterocycles. The lowest BCUT2D eigenvalue weighted by Crippen LogP contribution is -2.11. The summed E-state index contributed by atoms with van der Waals surface area (Å²) >= 11 is 0. The van der Waals surface area contributed by atoms with Crippen LogP contribution in [0.1, 0.15) is 23.1 Å². The van der Waals surface area contributed by atoms with E-state index in [2.05, 4.69) is 35.6 Å². The van der Waals surface area contributed by atoms with Gasteiger partial charge in [0.1, 0.15) is 5.75 Å². The van der Waals surface area contributed by atoms with E-state index in [1.807, 2.05) is 12.1 Å². The normalized spacial score (nSPS) is 13.5. The Balaban J connectivity index is 1.87. The van der Waals surface area contributed by atoms with E-state index in [1.54, 1.807) is 7.11 Å². The van der Waals surface area contributed by atoms with Gasteiger partial charge in [0.2, 0.25) is 0 Å². The molecule has 1 N–H and O–H groups in total. The van der Waals surface area contributed by atoms with Gasteiger partial charge >= 0.3 is 0 Å². The van der Waals surface area contributed by atoms with Gasteiger partial charge in [-0.3, -0.25) is 0 Å². The second-order valence-electron chi connectivity index (χ2n) is 5.01. The Hall–Kier alpha value is -1.96. The highest BCUT2D eigenvalue weighted by molar-refractivity contribution is 5.55. The van der Waals surface area contributed by atoms with Crippen molar-refractivity contribution >= 4 is 5.69 Å². The standard InChI is InChI=1S/C17H19NO/c1-19-17-7-3-2-5-15(17)11-13-8-9-14-6-4-10-18-16(14)12-13/h2-3,5,7-9,12,18H,4,6,10-11H2,1H3. The number of nitrogens with one attached hydrogen (secondary N) is 1. The molecule has 1 aliphatic heterocycles. The third-order valence-corrected chi connectivity index (χ3v) is 3.70. The fourth-order valence-electron chi connectivity index (χ4n) is 2.69. The summed E-state index contributed by atoms with van der Waals surface area (Å²) < 4.78 is 5.41. The minimum atomic E-state index is 0.916. The number of aryl methyl sites for hydroxylation is 1. The molecule has 3 rings (SSSR count). The molecule has 0 amide bonds. The molecule has 2 aromatic carbocycles. The number of ether oxygens (including phenoxy) is 1. The van der Waals surface area contributed by atoms with Crippen LogP contribution in [0.25, 0.3) is 0 Å². The van der Waals surface area contributed by atoms with Crippen LogP contribution in [0, 0.1) is 0 Å². The van der Waals surface area contributed by atoms with Gasteiger partial charge in [-0.1, -0.05) is 30.3 Å². The topological polar surface area (TPSA) is 21.3 Å².